The van der Waals surface area contributed by atoms with Crippen LogP contribution in [0.15, 0.2) is 58.6 Å². The number of nitrogens with one attached hydrogen (secondary N) is 1. The van der Waals surface area contributed by atoms with E-state index in [-0.39, 0.29) is 5.57 Å². The van der Waals surface area contributed by atoms with Crippen LogP contribution in [0.2, 0.25) is 10.0 Å². The second-order valence-electron chi connectivity index (χ2n) is 6.39. The van der Waals surface area contributed by atoms with Crippen molar-refractivity contribution in [3.63, 3.8) is 0 Å². The van der Waals surface area contributed by atoms with Crippen molar-refractivity contribution < 1.29 is 4.79 Å². The van der Waals surface area contributed by atoms with Crippen molar-refractivity contribution in [3.8, 4) is 11.8 Å². The van der Waals surface area contributed by atoms with E-state index in [0.717, 1.165) is 27.1 Å². The molecule has 0 spiro atoms. The third kappa shape index (κ3) is 4.73. The molecule has 0 saturated carbocycles. The van der Waals surface area contributed by atoms with Gasteiger partial charge in [-0.15, -0.1) is 0 Å². The number of anilines is 1. The van der Waals surface area contributed by atoms with E-state index < -0.39 is 5.91 Å². The highest BCUT2D eigenvalue weighted by Crippen LogP contribution is 2.29. The molecule has 2 aromatic carbocycles. The zero-order valence-electron chi connectivity index (χ0n) is 15.6. The van der Waals surface area contributed by atoms with Gasteiger partial charge in [0.05, 0.1) is 10.7 Å². The summed E-state index contributed by atoms with van der Waals surface area (Å²) in [5.74, 6) is -0.468. The summed E-state index contributed by atoms with van der Waals surface area (Å²) < 4.78 is 2.87. The minimum absolute atomic E-state index is 0.00960. The Kier molecular flexibility index (Phi) is 6.49. The van der Waals surface area contributed by atoms with E-state index in [0.29, 0.717) is 15.7 Å². The first-order valence-electron chi connectivity index (χ1n) is 8.63. The van der Waals surface area contributed by atoms with Crippen LogP contribution in [0.1, 0.15) is 17.0 Å². The quantitative estimate of drug-likeness (QED) is 0.327. The first-order chi connectivity index (χ1) is 13.8. The van der Waals surface area contributed by atoms with Crippen LogP contribution in [0, 0.1) is 25.2 Å². The Morgan fingerprint density at radius 2 is 1.83 bits per heavy atom. The van der Waals surface area contributed by atoms with Crippen molar-refractivity contribution in [2.24, 2.45) is 0 Å². The molecule has 0 atom stereocenters. The largest absolute Gasteiger partial charge is 0.321 e. The Balaban J connectivity index is 1.95. The Morgan fingerprint density at radius 1 is 1.14 bits per heavy atom. The van der Waals surface area contributed by atoms with Crippen LogP contribution in [0.4, 0.5) is 5.69 Å². The molecular weight excluding hydrogens is 473 g/mol. The van der Waals surface area contributed by atoms with Crippen LogP contribution in [0.5, 0.6) is 0 Å². The van der Waals surface area contributed by atoms with Crippen LogP contribution in [-0.2, 0) is 4.79 Å². The first kappa shape index (κ1) is 21.2. The lowest BCUT2D eigenvalue weighted by Gasteiger charge is -2.12. The van der Waals surface area contributed by atoms with Crippen molar-refractivity contribution in [2.75, 3.05) is 5.32 Å². The van der Waals surface area contributed by atoms with Gasteiger partial charge in [-0.05, 0) is 74.0 Å². The van der Waals surface area contributed by atoms with Gasteiger partial charge in [-0.25, -0.2) is 0 Å². The summed E-state index contributed by atoms with van der Waals surface area (Å²) >= 11 is 15.7. The third-order valence-electron chi connectivity index (χ3n) is 4.39. The van der Waals surface area contributed by atoms with Gasteiger partial charge in [-0.3, -0.25) is 4.79 Å². The average Bonchev–Trinajstić information content (AvgIpc) is 2.95. The number of aryl methyl sites for hydroxylation is 1. The number of aromatic nitrogens is 1. The van der Waals surface area contributed by atoms with Crippen LogP contribution in [-0.4, -0.2) is 10.5 Å². The summed E-state index contributed by atoms with van der Waals surface area (Å²) in [4.78, 5) is 12.5. The highest BCUT2D eigenvalue weighted by molar-refractivity contribution is 9.10. The van der Waals surface area contributed by atoms with Gasteiger partial charge in [0.25, 0.3) is 5.91 Å². The van der Waals surface area contributed by atoms with E-state index in [4.69, 9.17) is 23.2 Å². The van der Waals surface area contributed by atoms with Crippen LogP contribution in [0.3, 0.4) is 0 Å². The number of halogens is 3. The van der Waals surface area contributed by atoms with Gasteiger partial charge in [-0.2, -0.15) is 5.26 Å². The third-order valence-corrected chi connectivity index (χ3v) is 5.45. The lowest BCUT2D eigenvalue weighted by atomic mass is 10.1. The van der Waals surface area contributed by atoms with Crippen LogP contribution < -0.4 is 5.32 Å². The summed E-state index contributed by atoms with van der Waals surface area (Å²) in [5, 5.41) is 13.3. The van der Waals surface area contributed by atoms with Crippen LogP contribution in [0.25, 0.3) is 11.8 Å². The zero-order valence-corrected chi connectivity index (χ0v) is 18.7. The number of nitrogens with zero attached hydrogens (tertiary/aromatic N) is 2. The minimum Gasteiger partial charge on any atom is -0.321 e. The molecule has 146 valence electrons. The molecular formula is C22H16BrCl2N3O. The maximum absolute atomic E-state index is 12.5. The maximum atomic E-state index is 12.5. The highest BCUT2D eigenvalue weighted by Gasteiger charge is 2.15. The molecule has 0 aliphatic carbocycles. The van der Waals surface area contributed by atoms with Gasteiger partial charge in [-0.1, -0.05) is 39.1 Å². The molecule has 0 aliphatic heterocycles. The summed E-state index contributed by atoms with van der Waals surface area (Å²) in [7, 11) is 0. The van der Waals surface area contributed by atoms with E-state index in [1.165, 1.54) is 0 Å². The fourth-order valence-electron chi connectivity index (χ4n) is 3.00. The summed E-state index contributed by atoms with van der Waals surface area (Å²) in [6, 6.07) is 16.3. The Morgan fingerprint density at radius 3 is 2.45 bits per heavy atom. The smallest absolute Gasteiger partial charge is 0.266 e. The molecule has 0 bridgehead atoms. The predicted octanol–water partition coefficient (Wildman–Crippen LogP) is 6.71. The molecule has 1 heterocycles. The number of carbonyl (C=O) groups excluding carboxylic acids is 1. The van der Waals surface area contributed by atoms with Gasteiger partial charge in [0, 0.05) is 26.6 Å². The maximum Gasteiger partial charge on any atom is 0.266 e. The van der Waals surface area contributed by atoms with Crippen LogP contribution >= 0.6 is 39.1 Å². The van der Waals surface area contributed by atoms with Crippen molar-refractivity contribution in [1.82, 2.24) is 4.57 Å². The molecule has 1 N–H and O–H groups in total. The minimum atomic E-state index is -0.468. The highest BCUT2D eigenvalue weighted by atomic mass is 79.9. The zero-order chi connectivity index (χ0) is 21.1. The normalized spacial score (nSPS) is 11.2. The molecule has 0 radical (unpaired) electrons. The second-order valence-corrected chi connectivity index (χ2v) is 8.15. The molecule has 0 unspecified atom stereocenters. The Bertz CT molecular complexity index is 1160. The van der Waals surface area contributed by atoms with E-state index in [1.54, 1.807) is 30.3 Å². The molecule has 0 aliphatic rings. The van der Waals surface area contributed by atoms with Gasteiger partial charge in [0.2, 0.25) is 0 Å². The first-order valence-corrected chi connectivity index (χ1v) is 10.2. The number of amides is 1. The standard InChI is InChI=1S/C22H16BrCl2N3O/c1-13-9-15(14(2)28(13)21-8-5-18(24)11-20(21)25)10-16(12-26)22(29)27-19-6-3-17(23)4-7-19/h3-11H,1-2H3,(H,27,29)/b16-10-. The SMILES string of the molecule is Cc1cc(/C=C(/C#N)C(=O)Nc2ccc(Br)cc2)c(C)n1-c1ccc(Cl)cc1Cl. The van der Waals surface area contributed by atoms with Gasteiger partial charge in [0.15, 0.2) is 0 Å². The molecule has 0 fully saturated rings. The topological polar surface area (TPSA) is 57.8 Å². The van der Waals surface area contributed by atoms with Gasteiger partial charge in [0.1, 0.15) is 11.6 Å². The van der Waals surface area contributed by atoms with E-state index in [9.17, 15) is 10.1 Å². The van der Waals surface area contributed by atoms with Crippen molar-refractivity contribution in [3.05, 3.63) is 85.6 Å². The number of hydrogen-bond acceptors (Lipinski definition) is 2. The molecule has 29 heavy (non-hydrogen) atoms. The molecule has 1 aromatic heterocycles. The number of carbonyl (C=O) groups is 1. The predicted molar refractivity (Wildman–Crippen MR) is 122 cm³/mol. The second kappa shape index (κ2) is 8.87. The van der Waals surface area contributed by atoms with E-state index in [2.05, 4.69) is 21.2 Å². The number of rotatable bonds is 4. The number of nitriles is 1. The van der Waals surface area contributed by atoms with Gasteiger partial charge < -0.3 is 9.88 Å². The monoisotopic (exact) mass is 487 g/mol. The molecule has 0 saturated heterocycles. The summed E-state index contributed by atoms with van der Waals surface area (Å²) in [5.41, 5.74) is 3.94. The van der Waals surface area contributed by atoms with Gasteiger partial charge >= 0.3 is 0 Å². The number of benzene rings is 2. The molecule has 3 aromatic rings. The lowest BCUT2D eigenvalue weighted by molar-refractivity contribution is -0.112. The molecule has 1 amide bonds. The lowest BCUT2D eigenvalue weighted by Crippen LogP contribution is -2.13. The van der Waals surface area contributed by atoms with Crippen molar-refractivity contribution in [2.45, 2.75) is 13.8 Å². The fourth-order valence-corrected chi connectivity index (χ4v) is 3.76. The summed E-state index contributed by atoms with van der Waals surface area (Å²) in [6.45, 7) is 3.84. The molecule has 4 nitrogen and oxygen atoms in total. The van der Waals surface area contributed by atoms with Crippen molar-refractivity contribution >= 4 is 56.8 Å². The molecule has 3 rings (SSSR count). The Hall–Kier alpha value is -2.52. The fraction of sp³-hybridized carbons (Fsp3) is 0.0909. The van der Waals surface area contributed by atoms with E-state index >= 15 is 0 Å². The van der Waals surface area contributed by atoms with Crippen molar-refractivity contribution in [1.29, 1.82) is 5.26 Å². The number of hydrogen-bond donors (Lipinski definition) is 1. The van der Waals surface area contributed by atoms with E-state index in [1.807, 2.05) is 48.7 Å². The summed E-state index contributed by atoms with van der Waals surface area (Å²) in [6.07, 6.45) is 1.58. The Labute approximate surface area is 187 Å². The average molecular weight is 489 g/mol. The molecule has 7 heteroatoms.